The molecule has 1 aliphatic rings. The molecule has 98 valence electrons. The number of carbonyl (C=O) groups excluding carboxylic acids is 1. The van der Waals surface area contributed by atoms with E-state index in [1.165, 1.54) is 0 Å². The fraction of sp³-hybridized carbons (Fsp3) is 0.286. The van der Waals surface area contributed by atoms with Crippen molar-refractivity contribution in [3.8, 4) is 5.75 Å². The molecule has 0 spiro atoms. The van der Waals surface area contributed by atoms with Crippen molar-refractivity contribution in [3.63, 3.8) is 0 Å². The van der Waals surface area contributed by atoms with Crippen LogP contribution in [-0.2, 0) is 17.8 Å². The number of phenolic OH excluding ortho intramolecular Hbond substituents is 1. The number of imidazole rings is 1. The van der Waals surface area contributed by atoms with Crippen LogP contribution in [0, 0.1) is 5.92 Å². The maximum absolute atomic E-state index is 12.2. The maximum Gasteiger partial charge on any atom is 0.228 e. The topological polar surface area (TPSA) is 67.2 Å². The number of phenols is 1. The molecule has 5 nitrogen and oxygen atoms in total. The number of carbonyl (C=O) groups is 1. The van der Waals surface area contributed by atoms with Crippen molar-refractivity contribution in [1.82, 2.24) is 9.55 Å². The molecule has 1 aromatic heterocycles. The number of anilines is 1. The van der Waals surface area contributed by atoms with Crippen molar-refractivity contribution in [3.05, 3.63) is 42.5 Å². The van der Waals surface area contributed by atoms with Crippen LogP contribution in [0.25, 0.3) is 0 Å². The van der Waals surface area contributed by atoms with Crippen molar-refractivity contribution in [2.45, 2.75) is 19.4 Å². The average Bonchev–Trinajstić information content (AvgIpc) is 2.85. The van der Waals surface area contributed by atoms with Crippen LogP contribution in [0.4, 0.5) is 5.69 Å². The van der Waals surface area contributed by atoms with Gasteiger partial charge >= 0.3 is 0 Å². The Bertz CT molecular complexity index is 606. The molecule has 2 aromatic rings. The molecule has 5 heteroatoms. The van der Waals surface area contributed by atoms with E-state index in [1.807, 2.05) is 6.20 Å². The van der Waals surface area contributed by atoms with Crippen molar-refractivity contribution >= 4 is 11.6 Å². The lowest BCUT2D eigenvalue weighted by Crippen LogP contribution is -2.30. The van der Waals surface area contributed by atoms with Gasteiger partial charge in [-0.05, 0) is 18.6 Å². The minimum atomic E-state index is -0.0581. The first-order valence-corrected chi connectivity index (χ1v) is 6.32. The summed E-state index contributed by atoms with van der Waals surface area (Å²) >= 11 is 0. The molecule has 2 heterocycles. The smallest absolute Gasteiger partial charge is 0.228 e. The van der Waals surface area contributed by atoms with E-state index in [0.29, 0.717) is 12.1 Å². The van der Waals surface area contributed by atoms with Crippen LogP contribution in [0.15, 0.2) is 36.7 Å². The van der Waals surface area contributed by atoms with Crippen molar-refractivity contribution in [2.24, 2.45) is 5.92 Å². The molecular weight excluding hydrogens is 242 g/mol. The van der Waals surface area contributed by atoms with Crippen LogP contribution in [-0.4, -0.2) is 20.6 Å². The lowest BCUT2D eigenvalue weighted by atomic mass is 9.97. The fourth-order valence-corrected chi connectivity index (χ4v) is 2.40. The standard InChI is InChI=1S/C14H15N3O2/c18-12-3-1-2-11(9-12)16-14(19)10-4-6-17-7-5-15-13(17)8-10/h1-3,5,7,9-10,18H,4,6,8H2,(H,16,19). The third-order valence-corrected chi connectivity index (χ3v) is 3.43. The Morgan fingerprint density at radius 1 is 1.47 bits per heavy atom. The Hall–Kier alpha value is -2.30. The van der Waals surface area contributed by atoms with Crippen LogP contribution in [0.3, 0.4) is 0 Å². The highest BCUT2D eigenvalue weighted by Gasteiger charge is 2.25. The van der Waals surface area contributed by atoms with Gasteiger partial charge in [-0.15, -0.1) is 0 Å². The number of nitrogens with zero attached hydrogens (tertiary/aromatic N) is 2. The first-order chi connectivity index (χ1) is 9.22. The number of hydrogen-bond donors (Lipinski definition) is 2. The summed E-state index contributed by atoms with van der Waals surface area (Å²) in [6.07, 6.45) is 5.19. The molecule has 0 fully saturated rings. The van der Waals surface area contributed by atoms with E-state index in [2.05, 4.69) is 14.9 Å². The Morgan fingerprint density at radius 3 is 3.21 bits per heavy atom. The molecule has 1 unspecified atom stereocenters. The number of aromatic nitrogens is 2. The molecule has 0 bridgehead atoms. The van der Waals surface area contributed by atoms with E-state index < -0.39 is 0 Å². The van der Waals surface area contributed by atoms with E-state index in [-0.39, 0.29) is 17.6 Å². The second kappa shape index (κ2) is 4.76. The molecule has 1 aromatic carbocycles. The number of fused-ring (bicyclic) bond motifs is 1. The van der Waals surface area contributed by atoms with E-state index >= 15 is 0 Å². The van der Waals surface area contributed by atoms with Gasteiger partial charge in [0.1, 0.15) is 11.6 Å². The molecule has 3 rings (SSSR count). The van der Waals surface area contributed by atoms with Gasteiger partial charge in [0.25, 0.3) is 0 Å². The zero-order valence-electron chi connectivity index (χ0n) is 10.4. The van der Waals surface area contributed by atoms with Gasteiger partial charge in [0.15, 0.2) is 0 Å². The quantitative estimate of drug-likeness (QED) is 0.862. The summed E-state index contributed by atoms with van der Waals surface area (Å²) in [4.78, 5) is 16.4. The molecule has 0 aliphatic carbocycles. The average molecular weight is 257 g/mol. The molecule has 0 radical (unpaired) electrons. The summed E-state index contributed by atoms with van der Waals surface area (Å²) < 4.78 is 2.08. The first-order valence-electron chi connectivity index (χ1n) is 6.32. The molecule has 1 aliphatic heterocycles. The molecule has 1 amide bonds. The Labute approximate surface area is 110 Å². The number of aryl methyl sites for hydroxylation is 1. The van der Waals surface area contributed by atoms with Crippen LogP contribution in [0.5, 0.6) is 5.75 Å². The van der Waals surface area contributed by atoms with Crippen molar-refractivity contribution in [2.75, 3.05) is 5.32 Å². The number of nitrogens with one attached hydrogen (secondary N) is 1. The molecular formula is C14H15N3O2. The molecule has 0 saturated carbocycles. The normalized spacial score (nSPS) is 17.8. The van der Waals surface area contributed by atoms with Crippen LogP contribution in [0.1, 0.15) is 12.2 Å². The lowest BCUT2D eigenvalue weighted by molar-refractivity contribution is -0.120. The number of rotatable bonds is 2. The van der Waals surface area contributed by atoms with Gasteiger partial charge in [-0.25, -0.2) is 4.98 Å². The summed E-state index contributed by atoms with van der Waals surface area (Å²) in [7, 11) is 0. The van der Waals surface area contributed by atoms with E-state index in [9.17, 15) is 9.90 Å². The molecule has 0 saturated heterocycles. The summed E-state index contributed by atoms with van der Waals surface area (Å²) in [5.74, 6) is 1.04. The Balaban J connectivity index is 1.69. The molecule has 19 heavy (non-hydrogen) atoms. The van der Waals surface area contributed by atoms with Crippen LogP contribution in [0.2, 0.25) is 0 Å². The third kappa shape index (κ3) is 2.45. The molecule has 1 atom stereocenters. The van der Waals surface area contributed by atoms with Gasteiger partial charge in [0, 0.05) is 43.0 Å². The highest BCUT2D eigenvalue weighted by Crippen LogP contribution is 2.22. The lowest BCUT2D eigenvalue weighted by Gasteiger charge is -2.22. The Morgan fingerprint density at radius 2 is 2.37 bits per heavy atom. The van der Waals surface area contributed by atoms with Gasteiger partial charge in [0.05, 0.1) is 0 Å². The monoisotopic (exact) mass is 257 g/mol. The zero-order valence-corrected chi connectivity index (χ0v) is 10.4. The largest absolute Gasteiger partial charge is 0.508 e. The van der Waals surface area contributed by atoms with Crippen LogP contribution >= 0.6 is 0 Å². The SMILES string of the molecule is O=C(Nc1cccc(O)c1)C1CCn2ccnc2C1. The number of benzene rings is 1. The minimum absolute atomic E-state index is 0.0140. The maximum atomic E-state index is 12.2. The van der Waals surface area contributed by atoms with Gasteiger partial charge in [-0.1, -0.05) is 6.07 Å². The highest BCUT2D eigenvalue weighted by molar-refractivity contribution is 5.92. The van der Waals surface area contributed by atoms with Gasteiger partial charge in [-0.3, -0.25) is 4.79 Å². The second-order valence-electron chi connectivity index (χ2n) is 4.77. The predicted octanol–water partition coefficient (Wildman–Crippen LogP) is 1.79. The number of hydrogen-bond acceptors (Lipinski definition) is 3. The van der Waals surface area contributed by atoms with Gasteiger partial charge < -0.3 is 15.0 Å². The van der Waals surface area contributed by atoms with E-state index in [0.717, 1.165) is 18.8 Å². The van der Waals surface area contributed by atoms with Gasteiger partial charge in [0.2, 0.25) is 5.91 Å². The van der Waals surface area contributed by atoms with E-state index in [1.54, 1.807) is 30.5 Å². The van der Waals surface area contributed by atoms with Crippen molar-refractivity contribution < 1.29 is 9.90 Å². The number of amides is 1. The molecule has 2 N–H and O–H groups in total. The van der Waals surface area contributed by atoms with Gasteiger partial charge in [-0.2, -0.15) is 0 Å². The zero-order chi connectivity index (χ0) is 13.2. The highest BCUT2D eigenvalue weighted by atomic mass is 16.3. The van der Waals surface area contributed by atoms with Crippen LogP contribution < -0.4 is 5.32 Å². The summed E-state index contributed by atoms with van der Waals surface area (Å²) in [6, 6.07) is 6.59. The summed E-state index contributed by atoms with van der Waals surface area (Å²) in [5.41, 5.74) is 0.624. The summed E-state index contributed by atoms with van der Waals surface area (Å²) in [5, 5.41) is 12.2. The number of aromatic hydroxyl groups is 1. The second-order valence-corrected chi connectivity index (χ2v) is 4.77. The predicted molar refractivity (Wildman–Crippen MR) is 70.8 cm³/mol. The minimum Gasteiger partial charge on any atom is -0.508 e. The Kier molecular flexibility index (Phi) is 2.95. The summed E-state index contributed by atoms with van der Waals surface area (Å²) in [6.45, 7) is 0.827. The first kappa shape index (κ1) is 11.8. The van der Waals surface area contributed by atoms with Crippen molar-refractivity contribution in [1.29, 1.82) is 0 Å². The fourth-order valence-electron chi connectivity index (χ4n) is 2.40. The third-order valence-electron chi connectivity index (χ3n) is 3.43. The van der Waals surface area contributed by atoms with E-state index in [4.69, 9.17) is 0 Å².